The van der Waals surface area contributed by atoms with Gasteiger partial charge in [-0.1, -0.05) is 13.8 Å². The summed E-state index contributed by atoms with van der Waals surface area (Å²) in [5.41, 5.74) is 0. The van der Waals surface area contributed by atoms with Crippen molar-refractivity contribution in [1.29, 1.82) is 0 Å². The van der Waals surface area contributed by atoms with Gasteiger partial charge in [0.2, 0.25) is 6.08 Å². The van der Waals surface area contributed by atoms with Crippen molar-refractivity contribution in [3.05, 3.63) is 0 Å². The summed E-state index contributed by atoms with van der Waals surface area (Å²) < 4.78 is 4.75. The molecule has 0 aliphatic rings. The Morgan fingerprint density at radius 1 is 1.54 bits per heavy atom. The van der Waals surface area contributed by atoms with E-state index in [1.165, 1.54) is 13.0 Å². The molecule has 0 saturated heterocycles. The van der Waals surface area contributed by atoms with Crippen LogP contribution in [-0.4, -0.2) is 24.7 Å². The Balaban J connectivity index is 3.94. The molecule has 4 nitrogen and oxygen atoms in total. The van der Waals surface area contributed by atoms with Crippen molar-refractivity contribution in [2.75, 3.05) is 6.61 Å². The van der Waals surface area contributed by atoms with E-state index in [9.17, 15) is 9.59 Å². The van der Waals surface area contributed by atoms with Gasteiger partial charge in [-0.05, 0) is 12.3 Å². The van der Waals surface area contributed by atoms with Crippen molar-refractivity contribution >= 4 is 12.0 Å². The highest BCUT2D eigenvalue weighted by molar-refractivity contribution is 5.65. The van der Waals surface area contributed by atoms with Crippen LogP contribution in [0.15, 0.2) is 4.99 Å². The molecule has 13 heavy (non-hydrogen) atoms. The lowest BCUT2D eigenvalue weighted by atomic mass is 10.1. The quantitative estimate of drug-likeness (QED) is 0.368. The molecule has 0 spiro atoms. The number of isocyanates is 1. The lowest BCUT2D eigenvalue weighted by Crippen LogP contribution is -2.17. The number of nitrogens with zero attached hydrogens (tertiary/aromatic N) is 1. The van der Waals surface area contributed by atoms with E-state index in [-0.39, 0.29) is 18.6 Å². The van der Waals surface area contributed by atoms with Crippen molar-refractivity contribution in [1.82, 2.24) is 0 Å². The zero-order valence-electron chi connectivity index (χ0n) is 8.24. The highest BCUT2D eigenvalue weighted by Gasteiger charge is 2.10. The highest BCUT2D eigenvalue weighted by Crippen LogP contribution is 2.08. The third-order valence-corrected chi connectivity index (χ3v) is 1.46. The Kier molecular flexibility index (Phi) is 5.81. The minimum absolute atomic E-state index is 0.169. The van der Waals surface area contributed by atoms with Gasteiger partial charge in [-0.15, -0.1) is 0 Å². The SMILES string of the molecule is CC(=O)OC[C@H](CC(C)C)N=C=O. The van der Waals surface area contributed by atoms with E-state index in [4.69, 9.17) is 4.74 Å². The van der Waals surface area contributed by atoms with Gasteiger partial charge >= 0.3 is 5.97 Å². The van der Waals surface area contributed by atoms with E-state index in [0.717, 1.165) is 6.42 Å². The van der Waals surface area contributed by atoms with Crippen molar-refractivity contribution in [3.63, 3.8) is 0 Å². The van der Waals surface area contributed by atoms with E-state index in [1.807, 2.05) is 13.8 Å². The number of hydrogen-bond donors (Lipinski definition) is 0. The number of carbonyl (C=O) groups excluding carboxylic acids is 2. The first-order chi connectivity index (χ1) is 6.06. The summed E-state index contributed by atoms with van der Waals surface area (Å²) >= 11 is 0. The van der Waals surface area contributed by atoms with Crippen LogP contribution in [0.2, 0.25) is 0 Å². The molecule has 0 unspecified atom stereocenters. The number of rotatable bonds is 5. The molecule has 0 aliphatic heterocycles. The summed E-state index contributed by atoms with van der Waals surface area (Å²) in [6.45, 7) is 5.53. The van der Waals surface area contributed by atoms with Crippen LogP contribution in [0.1, 0.15) is 27.2 Å². The minimum Gasteiger partial charge on any atom is -0.464 e. The van der Waals surface area contributed by atoms with Crippen LogP contribution in [0.3, 0.4) is 0 Å². The molecule has 0 bridgehead atoms. The first-order valence-corrected chi connectivity index (χ1v) is 4.26. The second-order valence-electron chi connectivity index (χ2n) is 3.31. The molecular formula is C9H15NO3. The molecule has 0 saturated carbocycles. The topological polar surface area (TPSA) is 55.7 Å². The third-order valence-electron chi connectivity index (χ3n) is 1.46. The maximum atomic E-state index is 10.5. The lowest BCUT2D eigenvalue weighted by molar-refractivity contribution is -0.141. The Labute approximate surface area is 78.0 Å². The maximum absolute atomic E-state index is 10.5. The van der Waals surface area contributed by atoms with Crippen molar-refractivity contribution in [3.8, 4) is 0 Å². The first-order valence-electron chi connectivity index (χ1n) is 4.26. The fraction of sp³-hybridized carbons (Fsp3) is 0.778. The predicted molar refractivity (Wildman–Crippen MR) is 48.0 cm³/mol. The summed E-state index contributed by atoms with van der Waals surface area (Å²) in [4.78, 5) is 24.0. The lowest BCUT2D eigenvalue weighted by Gasteiger charge is -2.12. The van der Waals surface area contributed by atoms with Crippen molar-refractivity contribution < 1.29 is 14.3 Å². The monoisotopic (exact) mass is 185 g/mol. The molecule has 0 aromatic rings. The van der Waals surface area contributed by atoms with Crippen LogP contribution in [0.5, 0.6) is 0 Å². The number of aliphatic imine (C=N–C) groups is 1. The van der Waals surface area contributed by atoms with Gasteiger partial charge in [0.1, 0.15) is 6.61 Å². The van der Waals surface area contributed by atoms with Gasteiger partial charge in [-0.25, -0.2) is 4.79 Å². The average molecular weight is 185 g/mol. The van der Waals surface area contributed by atoms with E-state index in [1.54, 1.807) is 0 Å². The van der Waals surface area contributed by atoms with Gasteiger partial charge in [-0.2, -0.15) is 4.99 Å². The Morgan fingerprint density at radius 3 is 2.54 bits per heavy atom. The van der Waals surface area contributed by atoms with E-state index in [0.29, 0.717) is 5.92 Å². The summed E-state index contributed by atoms with van der Waals surface area (Å²) in [7, 11) is 0. The molecule has 0 radical (unpaired) electrons. The van der Waals surface area contributed by atoms with E-state index >= 15 is 0 Å². The summed E-state index contributed by atoms with van der Waals surface area (Å²) in [5.74, 6) is 0.0625. The Bertz CT molecular complexity index is 207. The van der Waals surface area contributed by atoms with Gasteiger partial charge in [0.05, 0.1) is 6.04 Å². The molecule has 0 N–H and O–H groups in total. The van der Waals surface area contributed by atoms with Gasteiger partial charge in [0, 0.05) is 6.92 Å². The second-order valence-corrected chi connectivity index (χ2v) is 3.31. The molecule has 0 aliphatic carbocycles. The highest BCUT2D eigenvalue weighted by atomic mass is 16.5. The van der Waals surface area contributed by atoms with Gasteiger partial charge in [0.15, 0.2) is 0 Å². The van der Waals surface area contributed by atoms with Gasteiger partial charge in [-0.3, -0.25) is 4.79 Å². The molecule has 4 heteroatoms. The van der Waals surface area contributed by atoms with Gasteiger partial charge in [0.25, 0.3) is 0 Å². The van der Waals surface area contributed by atoms with Crippen LogP contribution in [0.25, 0.3) is 0 Å². The van der Waals surface area contributed by atoms with E-state index in [2.05, 4.69) is 4.99 Å². The molecule has 0 fully saturated rings. The number of ether oxygens (including phenoxy) is 1. The molecule has 74 valence electrons. The standard InChI is InChI=1S/C9H15NO3/c1-7(2)4-9(10-6-11)5-13-8(3)12/h7,9H,4-5H2,1-3H3/t9-/m0/s1. The molecular weight excluding hydrogens is 170 g/mol. The van der Waals surface area contributed by atoms with Crippen molar-refractivity contribution in [2.24, 2.45) is 10.9 Å². The van der Waals surface area contributed by atoms with Crippen LogP contribution >= 0.6 is 0 Å². The maximum Gasteiger partial charge on any atom is 0.302 e. The molecule has 0 aromatic heterocycles. The molecule has 0 aromatic carbocycles. The van der Waals surface area contributed by atoms with Gasteiger partial charge < -0.3 is 4.74 Å². The van der Waals surface area contributed by atoms with Crippen LogP contribution in [0, 0.1) is 5.92 Å². The molecule has 1 atom stereocenters. The zero-order chi connectivity index (χ0) is 10.3. The first kappa shape index (κ1) is 11.8. The fourth-order valence-electron chi connectivity index (χ4n) is 0.990. The number of carbonyl (C=O) groups is 1. The van der Waals surface area contributed by atoms with Crippen molar-refractivity contribution in [2.45, 2.75) is 33.2 Å². The predicted octanol–water partition coefficient (Wildman–Crippen LogP) is 1.30. The largest absolute Gasteiger partial charge is 0.464 e. The van der Waals surface area contributed by atoms with Crippen LogP contribution in [0.4, 0.5) is 0 Å². The average Bonchev–Trinajstić information content (AvgIpc) is 1.99. The second kappa shape index (κ2) is 6.38. The number of hydrogen-bond acceptors (Lipinski definition) is 4. The Morgan fingerprint density at radius 2 is 2.15 bits per heavy atom. The molecule has 0 amide bonds. The summed E-state index contributed by atoms with van der Waals surface area (Å²) in [5, 5.41) is 0. The third kappa shape index (κ3) is 7.22. The summed E-state index contributed by atoms with van der Waals surface area (Å²) in [6.07, 6.45) is 2.21. The number of esters is 1. The fourth-order valence-corrected chi connectivity index (χ4v) is 0.990. The smallest absolute Gasteiger partial charge is 0.302 e. The molecule has 0 rings (SSSR count). The van der Waals surface area contributed by atoms with E-state index < -0.39 is 0 Å². The van der Waals surface area contributed by atoms with Crippen LogP contribution < -0.4 is 0 Å². The minimum atomic E-state index is -0.352. The zero-order valence-corrected chi connectivity index (χ0v) is 8.24. The summed E-state index contributed by atoms with van der Waals surface area (Å²) in [6, 6.07) is -0.249. The Hall–Kier alpha value is -1.15. The van der Waals surface area contributed by atoms with Crippen LogP contribution in [-0.2, 0) is 14.3 Å². The molecule has 0 heterocycles. The normalized spacial score (nSPS) is 12.0.